The zero-order chi connectivity index (χ0) is 13.1. The maximum atomic E-state index is 11.7. The average molecular weight is 252 g/mol. The molecule has 0 saturated heterocycles. The third-order valence-electron chi connectivity index (χ3n) is 2.65. The van der Waals surface area contributed by atoms with Crippen molar-refractivity contribution in [1.29, 1.82) is 5.26 Å². The number of nitrogens with zero attached hydrogens (tertiary/aromatic N) is 2. The minimum atomic E-state index is -3.36. The van der Waals surface area contributed by atoms with Gasteiger partial charge in [0.15, 0.2) is 0 Å². The lowest BCUT2D eigenvalue weighted by atomic mass is 10.1. The van der Waals surface area contributed by atoms with E-state index in [4.69, 9.17) is 5.26 Å². The Morgan fingerprint density at radius 2 is 2.12 bits per heavy atom. The van der Waals surface area contributed by atoms with Crippen LogP contribution in [0.25, 0.3) is 0 Å². The highest BCUT2D eigenvalue weighted by molar-refractivity contribution is 7.89. The molecule has 0 fully saturated rings. The van der Waals surface area contributed by atoms with E-state index in [-0.39, 0.29) is 5.75 Å². The van der Waals surface area contributed by atoms with Gasteiger partial charge in [0.25, 0.3) is 0 Å². The lowest BCUT2D eigenvalue weighted by Crippen LogP contribution is -2.31. The van der Waals surface area contributed by atoms with Crippen LogP contribution < -0.4 is 0 Å². The quantitative estimate of drug-likeness (QED) is 0.821. The van der Waals surface area contributed by atoms with Crippen LogP contribution in [0.4, 0.5) is 0 Å². The molecular formula is C12H16N2O2S. The summed E-state index contributed by atoms with van der Waals surface area (Å²) in [7, 11) is -1.92. The summed E-state index contributed by atoms with van der Waals surface area (Å²) in [6, 6.07) is 8.59. The zero-order valence-electron chi connectivity index (χ0n) is 10.2. The van der Waals surface area contributed by atoms with Crippen molar-refractivity contribution in [3.05, 3.63) is 35.4 Å². The van der Waals surface area contributed by atoms with Crippen molar-refractivity contribution in [3.63, 3.8) is 0 Å². The van der Waals surface area contributed by atoms with Crippen LogP contribution in [0, 0.1) is 18.3 Å². The molecule has 0 amide bonds. The summed E-state index contributed by atoms with van der Waals surface area (Å²) in [5, 5.41) is 9.14. The third-order valence-corrected chi connectivity index (χ3v) is 4.47. The van der Waals surface area contributed by atoms with Crippen molar-refractivity contribution in [1.82, 2.24) is 4.31 Å². The largest absolute Gasteiger partial charge is 0.215 e. The van der Waals surface area contributed by atoms with E-state index in [1.165, 1.54) is 7.05 Å². The molecule has 4 nitrogen and oxygen atoms in total. The Kier molecular flexibility index (Phi) is 4.27. The molecule has 1 aromatic rings. The summed E-state index contributed by atoms with van der Waals surface area (Å²) < 4.78 is 24.6. The third kappa shape index (κ3) is 3.05. The molecule has 1 aromatic carbocycles. The van der Waals surface area contributed by atoms with Crippen molar-refractivity contribution >= 4 is 10.0 Å². The Balaban J connectivity index is 3.14. The topological polar surface area (TPSA) is 61.2 Å². The Morgan fingerprint density at radius 1 is 1.47 bits per heavy atom. The summed E-state index contributed by atoms with van der Waals surface area (Å²) in [5.41, 5.74) is 1.71. The van der Waals surface area contributed by atoms with E-state index in [1.807, 2.05) is 31.2 Å². The zero-order valence-corrected chi connectivity index (χ0v) is 11.0. The minimum Gasteiger partial charge on any atom is -0.212 e. The van der Waals surface area contributed by atoms with Crippen LogP contribution in [-0.2, 0) is 10.0 Å². The number of hydrogen-bond acceptors (Lipinski definition) is 3. The van der Waals surface area contributed by atoms with Crippen LogP contribution in [0.1, 0.15) is 24.1 Å². The fourth-order valence-electron chi connectivity index (χ4n) is 1.57. The van der Waals surface area contributed by atoms with E-state index < -0.39 is 16.1 Å². The Hall–Kier alpha value is -1.38. The van der Waals surface area contributed by atoms with Gasteiger partial charge in [-0.05, 0) is 19.4 Å². The Labute approximate surface area is 103 Å². The first-order valence-electron chi connectivity index (χ1n) is 5.34. The highest BCUT2D eigenvalue weighted by Crippen LogP contribution is 2.22. The molecule has 0 aliphatic carbocycles. The van der Waals surface area contributed by atoms with Crippen LogP contribution >= 0.6 is 0 Å². The molecular weight excluding hydrogens is 236 g/mol. The molecule has 0 aromatic heterocycles. The van der Waals surface area contributed by atoms with Gasteiger partial charge in [-0.1, -0.05) is 29.8 Å². The van der Waals surface area contributed by atoms with Gasteiger partial charge in [0.2, 0.25) is 10.0 Å². The van der Waals surface area contributed by atoms with Crippen molar-refractivity contribution in [3.8, 4) is 6.07 Å². The number of sulfonamides is 1. The van der Waals surface area contributed by atoms with Crippen LogP contribution in [0.3, 0.4) is 0 Å². The molecule has 17 heavy (non-hydrogen) atoms. The number of hydrogen-bond donors (Lipinski definition) is 0. The van der Waals surface area contributed by atoms with E-state index >= 15 is 0 Å². The lowest BCUT2D eigenvalue weighted by Gasteiger charge is -2.22. The summed E-state index contributed by atoms with van der Waals surface area (Å²) in [6.07, 6.45) is 0. The fraction of sp³-hybridized carbons (Fsp3) is 0.417. The van der Waals surface area contributed by atoms with E-state index in [0.29, 0.717) is 5.56 Å². The molecule has 0 spiro atoms. The first-order valence-corrected chi connectivity index (χ1v) is 6.95. The van der Waals surface area contributed by atoms with Gasteiger partial charge in [-0.3, -0.25) is 0 Å². The van der Waals surface area contributed by atoms with Gasteiger partial charge in [-0.25, -0.2) is 8.42 Å². The lowest BCUT2D eigenvalue weighted by molar-refractivity contribution is 0.433. The van der Waals surface area contributed by atoms with Crippen molar-refractivity contribution in [2.75, 3.05) is 12.8 Å². The molecule has 0 heterocycles. The summed E-state index contributed by atoms with van der Waals surface area (Å²) >= 11 is 0. The number of aryl methyl sites for hydroxylation is 1. The molecule has 1 unspecified atom stereocenters. The monoisotopic (exact) mass is 252 g/mol. The molecule has 1 rings (SSSR count). The maximum absolute atomic E-state index is 11.7. The van der Waals surface area contributed by atoms with Gasteiger partial charge >= 0.3 is 0 Å². The van der Waals surface area contributed by atoms with Crippen LogP contribution in [0.2, 0.25) is 0 Å². The van der Waals surface area contributed by atoms with E-state index in [1.54, 1.807) is 13.0 Å². The standard InChI is InChI=1S/C12H16N2O2S/c1-4-17(15,16)14(3)12(9-13)11-7-5-6-10(2)8-11/h5-8,12H,4H2,1-3H3. The van der Waals surface area contributed by atoms with Gasteiger partial charge in [0.05, 0.1) is 11.8 Å². The predicted molar refractivity (Wildman–Crippen MR) is 66.8 cm³/mol. The first kappa shape index (κ1) is 13.7. The molecule has 1 atom stereocenters. The second-order valence-corrected chi connectivity index (χ2v) is 6.18. The second kappa shape index (κ2) is 5.30. The maximum Gasteiger partial charge on any atom is 0.215 e. The van der Waals surface area contributed by atoms with Crippen LogP contribution in [0.5, 0.6) is 0 Å². The molecule has 92 valence electrons. The minimum absolute atomic E-state index is 0.00645. The van der Waals surface area contributed by atoms with Gasteiger partial charge in [0, 0.05) is 7.05 Å². The molecule has 0 N–H and O–H groups in total. The normalized spacial score (nSPS) is 13.4. The number of benzene rings is 1. The number of rotatable bonds is 4. The fourth-order valence-corrected chi connectivity index (χ4v) is 2.47. The van der Waals surface area contributed by atoms with Gasteiger partial charge in [0.1, 0.15) is 6.04 Å². The summed E-state index contributed by atoms with van der Waals surface area (Å²) in [6.45, 7) is 3.47. The van der Waals surface area contributed by atoms with Crippen molar-refractivity contribution in [2.24, 2.45) is 0 Å². The molecule has 5 heteroatoms. The van der Waals surface area contributed by atoms with Crippen LogP contribution in [0.15, 0.2) is 24.3 Å². The van der Waals surface area contributed by atoms with Gasteiger partial charge in [-0.2, -0.15) is 9.57 Å². The first-order chi connectivity index (χ1) is 7.92. The number of nitriles is 1. The smallest absolute Gasteiger partial charge is 0.212 e. The Morgan fingerprint density at radius 3 is 2.59 bits per heavy atom. The SMILES string of the molecule is CCS(=O)(=O)N(C)C(C#N)c1cccc(C)c1. The van der Waals surface area contributed by atoms with Gasteiger partial charge in [-0.15, -0.1) is 0 Å². The summed E-state index contributed by atoms with van der Waals surface area (Å²) in [4.78, 5) is 0. The highest BCUT2D eigenvalue weighted by Gasteiger charge is 2.25. The van der Waals surface area contributed by atoms with Gasteiger partial charge < -0.3 is 0 Å². The molecule has 0 bridgehead atoms. The van der Waals surface area contributed by atoms with E-state index in [0.717, 1.165) is 9.87 Å². The van der Waals surface area contributed by atoms with Crippen LogP contribution in [-0.4, -0.2) is 25.5 Å². The second-order valence-electron chi connectivity index (χ2n) is 3.86. The molecule has 0 aliphatic heterocycles. The predicted octanol–water partition coefficient (Wildman–Crippen LogP) is 1.84. The van der Waals surface area contributed by atoms with E-state index in [9.17, 15) is 8.42 Å². The summed E-state index contributed by atoms with van der Waals surface area (Å²) in [5.74, 6) is -0.00645. The average Bonchev–Trinajstić information content (AvgIpc) is 2.30. The molecule has 0 radical (unpaired) electrons. The molecule has 0 saturated carbocycles. The Bertz CT molecular complexity index is 532. The van der Waals surface area contributed by atoms with E-state index in [2.05, 4.69) is 0 Å². The van der Waals surface area contributed by atoms with Crippen molar-refractivity contribution in [2.45, 2.75) is 19.9 Å². The van der Waals surface area contributed by atoms with Crippen molar-refractivity contribution < 1.29 is 8.42 Å². The highest BCUT2D eigenvalue weighted by atomic mass is 32.2. The molecule has 0 aliphatic rings.